The van der Waals surface area contributed by atoms with Crippen LogP contribution in [0.4, 0.5) is 4.39 Å². The predicted octanol–water partition coefficient (Wildman–Crippen LogP) is -0.345. The summed E-state index contributed by atoms with van der Waals surface area (Å²) in [7, 11) is 0. The number of alkyl halides is 1. The van der Waals surface area contributed by atoms with Crippen molar-refractivity contribution in [1.29, 1.82) is 0 Å². The predicted molar refractivity (Wildman–Crippen MR) is 70.6 cm³/mol. The highest BCUT2D eigenvalue weighted by Crippen LogP contribution is 1.98. The molecule has 8 heteroatoms. The zero-order chi connectivity index (χ0) is 16.0. The molecule has 0 radical (unpaired) electrons. The molecule has 1 rings (SSSR count). The number of amides is 1. The molecular weight excluding hydrogens is 283 g/mol. The number of aliphatic carboxylic acids is 1. The van der Waals surface area contributed by atoms with E-state index in [0.29, 0.717) is 5.69 Å². The molecule has 0 aliphatic rings. The van der Waals surface area contributed by atoms with Gasteiger partial charge in [-0.3, -0.25) is 19.2 Å². The summed E-state index contributed by atoms with van der Waals surface area (Å²) in [5.74, 6) is -3.10. The lowest BCUT2D eigenvalue weighted by Crippen LogP contribution is -2.45. The van der Waals surface area contributed by atoms with Crippen LogP contribution in [0.1, 0.15) is 12.1 Å². The van der Waals surface area contributed by atoms with E-state index in [-0.39, 0.29) is 6.54 Å². The molecular formula is C13H15FN2O5. The number of nitrogens with one attached hydrogen (secondary N) is 1. The van der Waals surface area contributed by atoms with Crippen LogP contribution in [-0.4, -0.2) is 40.0 Å². The monoisotopic (exact) mass is 298 g/mol. The summed E-state index contributed by atoms with van der Waals surface area (Å²) < 4.78 is 13.5. The van der Waals surface area contributed by atoms with Gasteiger partial charge in [-0.1, -0.05) is 6.07 Å². The van der Waals surface area contributed by atoms with Crippen molar-refractivity contribution in [2.75, 3.05) is 6.67 Å². The minimum Gasteiger partial charge on any atom is -0.481 e. The molecule has 1 aromatic rings. The van der Waals surface area contributed by atoms with Crippen molar-refractivity contribution in [3.8, 4) is 0 Å². The Hall–Kier alpha value is -2.51. The number of hydrogen-bond acceptors (Lipinski definition) is 4. The lowest BCUT2D eigenvalue weighted by Gasteiger charge is -2.15. The molecule has 0 fully saturated rings. The van der Waals surface area contributed by atoms with Gasteiger partial charge in [0, 0.05) is 11.8 Å². The minimum absolute atomic E-state index is 0.374. The first kappa shape index (κ1) is 16.5. The molecule has 0 saturated carbocycles. The quantitative estimate of drug-likeness (QED) is 0.716. The average Bonchev–Trinajstić information content (AvgIpc) is 2.41. The average molecular weight is 298 g/mol. The molecule has 2 N–H and O–H groups in total. The van der Waals surface area contributed by atoms with E-state index in [1.54, 1.807) is 13.0 Å². The Morgan fingerprint density at radius 1 is 1.38 bits per heavy atom. The van der Waals surface area contributed by atoms with E-state index >= 15 is 0 Å². The molecule has 1 aromatic heterocycles. The van der Waals surface area contributed by atoms with E-state index in [4.69, 9.17) is 5.11 Å². The smallest absolute Gasteiger partial charge is 0.305 e. The van der Waals surface area contributed by atoms with Gasteiger partial charge in [-0.05, 0) is 13.0 Å². The van der Waals surface area contributed by atoms with Gasteiger partial charge in [-0.15, -0.1) is 0 Å². The molecule has 0 spiro atoms. The van der Waals surface area contributed by atoms with Crippen molar-refractivity contribution < 1.29 is 23.9 Å². The molecule has 114 valence electrons. The number of rotatable bonds is 7. The van der Waals surface area contributed by atoms with E-state index in [1.807, 2.05) is 0 Å². The Morgan fingerprint density at radius 3 is 2.57 bits per heavy atom. The molecule has 0 aliphatic carbocycles. The van der Waals surface area contributed by atoms with E-state index in [0.717, 1.165) is 4.57 Å². The number of carbonyl (C=O) groups is 3. The van der Waals surface area contributed by atoms with E-state index < -0.39 is 42.4 Å². The summed E-state index contributed by atoms with van der Waals surface area (Å²) in [5, 5.41) is 10.8. The number of pyridine rings is 1. The SMILES string of the molecule is Cc1cccc(=O)n1CC(=O)NC(CC(=O)O)C(=O)CF. The second kappa shape index (κ2) is 7.32. The molecule has 0 bridgehead atoms. The second-order valence-electron chi connectivity index (χ2n) is 4.41. The number of nitrogens with zero attached hydrogens (tertiary/aromatic N) is 1. The van der Waals surface area contributed by atoms with Crippen LogP contribution in [0, 0.1) is 6.92 Å². The first-order chi connectivity index (χ1) is 9.85. The summed E-state index contributed by atoms with van der Waals surface area (Å²) >= 11 is 0. The largest absolute Gasteiger partial charge is 0.481 e. The Morgan fingerprint density at radius 2 is 2.05 bits per heavy atom. The van der Waals surface area contributed by atoms with Crippen molar-refractivity contribution >= 4 is 17.7 Å². The van der Waals surface area contributed by atoms with E-state index in [2.05, 4.69) is 5.32 Å². The standard InChI is InChI=1S/C13H15FN2O5/c1-8-3-2-4-12(19)16(8)7-11(18)15-9(5-13(20)21)10(17)6-14/h2-4,9H,5-7H2,1H3,(H,15,18)(H,20,21). The lowest BCUT2D eigenvalue weighted by atomic mass is 10.1. The number of Topliss-reactive ketones (excluding diaryl/α,β-unsaturated/α-hetero) is 1. The molecule has 1 amide bonds. The number of carboxylic acid groups (broad SMARTS) is 1. The minimum atomic E-state index is -1.44. The van der Waals surface area contributed by atoms with Crippen LogP contribution in [0.5, 0.6) is 0 Å². The Labute approximate surface area is 119 Å². The van der Waals surface area contributed by atoms with Gasteiger partial charge in [0.2, 0.25) is 5.91 Å². The van der Waals surface area contributed by atoms with Crippen LogP contribution in [0.2, 0.25) is 0 Å². The van der Waals surface area contributed by atoms with Crippen molar-refractivity contribution in [3.05, 3.63) is 34.2 Å². The topological polar surface area (TPSA) is 105 Å². The number of aromatic nitrogens is 1. The van der Waals surface area contributed by atoms with Gasteiger partial charge in [-0.25, -0.2) is 4.39 Å². The number of ketones is 1. The van der Waals surface area contributed by atoms with Crippen LogP contribution in [0.3, 0.4) is 0 Å². The summed E-state index contributed by atoms with van der Waals surface area (Å²) in [6.45, 7) is -0.125. The van der Waals surface area contributed by atoms with Crippen LogP contribution in [-0.2, 0) is 20.9 Å². The molecule has 1 heterocycles. The van der Waals surface area contributed by atoms with Gasteiger partial charge in [-0.2, -0.15) is 0 Å². The van der Waals surface area contributed by atoms with Crippen LogP contribution >= 0.6 is 0 Å². The van der Waals surface area contributed by atoms with Crippen LogP contribution < -0.4 is 10.9 Å². The van der Waals surface area contributed by atoms with Crippen molar-refractivity contribution in [3.63, 3.8) is 0 Å². The fourth-order valence-electron chi connectivity index (χ4n) is 1.72. The Balaban J connectivity index is 2.81. The fourth-order valence-corrected chi connectivity index (χ4v) is 1.72. The van der Waals surface area contributed by atoms with Gasteiger partial charge in [0.05, 0.1) is 6.42 Å². The molecule has 1 atom stereocenters. The Bertz CT molecular complexity index is 611. The first-order valence-electron chi connectivity index (χ1n) is 6.11. The zero-order valence-corrected chi connectivity index (χ0v) is 11.3. The summed E-state index contributed by atoms with van der Waals surface area (Å²) in [5.41, 5.74) is 0.126. The number of carbonyl (C=O) groups excluding carboxylic acids is 2. The van der Waals surface area contributed by atoms with Crippen molar-refractivity contribution in [1.82, 2.24) is 9.88 Å². The normalized spacial score (nSPS) is 11.7. The molecule has 7 nitrogen and oxygen atoms in total. The second-order valence-corrected chi connectivity index (χ2v) is 4.41. The summed E-state index contributed by atoms with van der Waals surface area (Å²) in [6, 6.07) is 2.98. The van der Waals surface area contributed by atoms with Crippen LogP contribution in [0.25, 0.3) is 0 Å². The lowest BCUT2D eigenvalue weighted by molar-refractivity contribution is -0.140. The summed E-state index contributed by atoms with van der Waals surface area (Å²) in [6.07, 6.45) is -0.711. The number of aryl methyl sites for hydroxylation is 1. The maximum absolute atomic E-state index is 12.3. The van der Waals surface area contributed by atoms with Gasteiger partial charge in [0.1, 0.15) is 19.3 Å². The third-order valence-electron chi connectivity index (χ3n) is 2.80. The van der Waals surface area contributed by atoms with Crippen molar-refractivity contribution in [2.45, 2.75) is 25.9 Å². The van der Waals surface area contributed by atoms with Crippen molar-refractivity contribution in [2.24, 2.45) is 0 Å². The fraction of sp³-hybridized carbons (Fsp3) is 0.385. The number of carboxylic acids is 1. The van der Waals surface area contributed by atoms with Gasteiger partial charge < -0.3 is 15.0 Å². The zero-order valence-electron chi connectivity index (χ0n) is 11.3. The van der Waals surface area contributed by atoms with Gasteiger partial charge >= 0.3 is 5.97 Å². The third kappa shape index (κ3) is 4.83. The molecule has 0 saturated heterocycles. The molecule has 0 aliphatic heterocycles. The highest BCUT2D eigenvalue weighted by molar-refractivity contribution is 5.92. The maximum Gasteiger partial charge on any atom is 0.305 e. The molecule has 0 aromatic carbocycles. The molecule has 1 unspecified atom stereocenters. The summed E-state index contributed by atoms with van der Waals surface area (Å²) in [4.78, 5) is 45.2. The highest BCUT2D eigenvalue weighted by atomic mass is 19.1. The maximum atomic E-state index is 12.3. The third-order valence-corrected chi connectivity index (χ3v) is 2.80. The number of halogens is 1. The van der Waals surface area contributed by atoms with E-state index in [9.17, 15) is 23.6 Å². The van der Waals surface area contributed by atoms with E-state index in [1.165, 1.54) is 12.1 Å². The Kier molecular flexibility index (Phi) is 5.77. The first-order valence-corrected chi connectivity index (χ1v) is 6.11. The van der Waals surface area contributed by atoms with Gasteiger partial charge in [0.25, 0.3) is 5.56 Å². The van der Waals surface area contributed by atoms with Crippen LogP contribution in [0.15, 0.2) is 23.0 Å². The number of hydrogen-bond donors (Lipinski definition) is 2. The highest BCUT2D eigenvalue weighted by Gasteiger charge is 2.23. The molecule has 21 heavy (non-hydrogen) atoms. The van der Waals surface area contributed by atoms with Gasteiger partial charge in [0.15, 0.2) is 5.78 Å².